The number of aryl methyl sites for hydroxylation is 3. The second kappa shape index (κ2) is 9.41. The molecule has 0 heterocycles. The molecule has 0 radical (unpaired) electrons. The molecule has 0 aromatic heterocycles. The standard InChI is InChI=1S/C22H30N2O4S/c1-7-28-19-8-10-20(11-9-19)29(26,27)24(6)14-22(25)23-18(5)21-13-16(3)15(2)12-17(21)4/h8-13,18H,7,14H2,1-6H3,(H,23,25). The van der Waals surface area contributed by atoms with Crippen LogP contribution in [-0.4, -0.2) is 38.8 Å². The third kappa shape index (κ3) is 5.58. The second-order valence-corrected chi connectivity index (χ2v) is 9.29. The van der Waals surface area contributed by atoms with Crippen LogP contribution in [0.4, 0.5) is 0 Å². The van der Waals surface area contributed by atoms with Gasteiger partial charge in [0.1, 0.15) is 5.75 Å². The number of likely N-dealkylation sites (N-methyl/N-ethyl adjacent to an activating group) is 1. The Kier molecular flexibility index (Phi) is 7.43. The summed E-state index contributed by atoms with van der Waals surface area (Å²) >= 11 is 0. The van der Waals surface area contributed by atoms with Crippen molar-refractivity contribution >= 4 is 15.9 Å². The highest BCUT2D eigenvalue weighted by Crippen LogP contribution is 2.22. The van der Waals surface area contributed by atoms with E-state index < -0.39 is 10.0 Å². The van der Waals surface area contributed by atoms with Crippen molar-refractivity contribution in [3.8, 4) is 5.75 Å². The maximum atomic E-state index is 12.7. The van der Waals surface area contributed by atoms with Gasteiger partial charge in [-0.15, -0.1) is 0 Å². The second-order valence-electron chi connectivity index (χ2n) is 7.25. The van der Waals surface area contributed by atoms with Crippen LogP contribution < -0.4 is 10.1 Å². The Labute approximate surface area is 173 Å². The molecule has 0 aliphatic rings. The molecule has 1 atom stereocenters. The minimum atomic E-state index is -3.77. The van der Waals surface area contributed by atoms with Gasteiger partial charge in [-0.2, -0.15) is 4.31 Å². The average Bonchev–Trinajstić information content (AvgIpc) is 2.65. The predicted octanol–water partition coefficient (Wildman–Crippen LogP) is 3.51. The molecule has 0 fully saturated rings. The van der Waals surface area contributed by atoms with E-state index in [9.17, 15) is 13.2 Å². The summed E-state index contributed by atoms with van der Waals surface area (Å²) in [4.78, 5) is 12.6. The topological polar surface area (TPSA) is 75.7 Å². The van der Waals surface area contributed by atoms with Gasteiger partial charge in [-0.05, 0) is 81.1 Å². The number of rotatable bonds is 8. The van der Waals surface area contributed by atoms with E-state index in [2.05, 4.69) is 24.4 Å². The number of nitrogens with zero attached hydrogens (tertiary/aromatic N) is 1. The van der Waals surface area contributed by atoms with Crippen molar-refractivity contribution < 1.29 is 17.9 Å². The lowest BCUT2D eigenvalue weighted by Crippen LogP contribution is -2.39. The highest BCUT2D eigenvalue weighted by atomic mass is 32.2. The lowest BCUT2D eigenvalue weighted by Gasteiger charge is -2.21. The lowest BCUT2D eigenvalue weighted by atomic mass is 9.96. The van der Waals surface area contributed by atoms with Crippen LogP contribution in [0, 0.1) is 20.8 Å². The van der Waals surface area contributed by atoms with Gasteiger partial charge in [0.2, 0.25) is 15.9 Å². The molecule has 0 spiro atoms. The molecule has 1 unspecified atom stereocenters. The van der Waals surface area contributed by atoms with Gasteiger partial charge < -0.3 is 10.1 Å². The summed E-state index contributed by atoms with van der Waals surface area (Å²) in [6, 6.07) is 10.1. The van der Waals surface area contributed by atoms with Crippen molar-refractivity contribution in [3.05, 3.63) is 58.7 Å². The van der Waals surface area contributed by atoms with E-state index in [1.165, 1.54) is 24.7 Å². The van der Waals surface area contributed by atoms with Gasteiger partial charge in [-0.25, -0.2) is 8.42 Å². The summed E-state index contributed by atoms with van der Waals surface area (Å²) in [7, 11) is -2.37. The predicted molar refractivity (Wildman–Crippen MR) is 115 cm³/mol. The normalized spacial score (nSPS) is 12.7. The number of hydrogen-bond acceptors (Lipinski definition) is 4. The first-order valence-electron chi connectivity index (χ1n) is 9.62. The summed E-state index contributed by atoms with van der Waals surface area (Å²) in [5.74, 6) is 0.247. The van der Waals surface area contributed by atoms with Gasteiger partial charge in [0, 0.05) is 7.05 Å². The molecule has 158 valence electrons. The van der Waals surface area contributed by atoms with E-state index in [1.54, 1.807) is 12.1 Å². The van der Waals surface area contributed by atoms with Crippen LogP contribution in [-0.2, 0) is 14.8 Å². The summed E-state index contributed by atoms with van der Waals surface area (Å²) in [6.45, 7) is 10.1. The van der Waals surface area contributed by atoms with Gasteiger partial charge >= 0.3 is 0 Å². The van der Waals surface area contributed by atoms with E-state index in [4.69, 9.17) is 4.74 Å². The Morgan fingerprint density at radius 1 is 1.07 bits per heavy atom. The molecule has 0 bridgehead atoms. The van der Waals surface area contributed by atoms with E-state index in [-0.39, 0.29) is 23.4 Å². The van der Waals surface area contributed by atoms with E-state index in [0.717, 1.165) is 21.0 Å². The van der Waals surface area contributed by atoms with Crippen molar-refractivity contribution in [1.82, 2.24) is 9.62 Å². The van der Waals surface area contributed by atoms with Gasteiger partial charge in [0.25, 0.3) is 0 Å². The number of hydrogen-bond donors (Lipinski definition) is 1. The SMILES string of the molecule is CCOc1ccc(S(=O)(=O)N(C)CC(=O)NC(C)c2cc(C)c(C)cc2C)cc1. The van der Waals surface area contributed by atoms with Crippen molar-refractivity contribution in [2.75, 3.05) is 20.2 Å². The fourth-order valence-corrected chi connectivity index (χ4v) is 4.28. The van der Waals surface area contributed by atoms with Crippen LogP contribution in [0.2, 0.25) is 0 Å². The summed E-state index contributed by atoms with van der Waals surface area (Å²) < 4.78 is 31.9. The van der Waals surface area contributed by atoms with Crippen molar-refractivity contribution in [3.63, 3.8) is 0 Å². The van der Waals surface area contributed by atoms with Crippen LogP contribution in [0.1, 0.15) is 42.1 Å². The van der Waals surface area contributed by atoms with Crippen LogP contribution in [0.3, 0.4) is 0 Å². The quantitative estimate of drug-likeness (QED) is 0.712. The molecule has 2 rings (SSSR count). The zero-order chi connectivity index (χ0) is 21.8. The van der Waals surface area contributed by atoms with E-state index in [1.807, 2.05) is 27.7 Å². The fraction of sp³-hybridized carbons (Fsp3) is 0.409. The number of sulfonamides is 1. The summed E-state index contributed by atoms with van der Waals surface area (Å²) in [6.07, 6.45) is 0. The third-order valence-electron chi connectivity index (χ3n) is 4.94. The molecule has 7 heteroatoms. The zero-order valence-corrected chi connectivity index (χ0v) is 18.8. The summed E-state index contributed by atoms with van der Waals surface area (Å²) in [5, 5.41) is 2.90. The fourth-order valence-electron chi connectivity index (χ4n) is 3.16. The van der Waals surface area contributed by atoms with Gasteiger partial charge in [0.15, 0.2) is 0 Å². The van der Waals surface area contributed by atoms with Crippen LogP contribution in [0.5, 0.6) is 5.75 Å². The van der Waals surface area contributed by atoms with Gasteiger partial charge in [-0.1, -0.05) is 12.1 Å². The molecule has 1 N–H and O–H groups in total. The van der Waals surface area contributed by atoms with Crippen molar-refractivity contribution in [2.45, 2.75) is 45.6 Å². The first-order chi connectivity index (χ1) is 13.6. The lowest BCUT2D eigenvalue weighted by molar-refractivity contribution is -0.121. The molecule has 0 saturated carbocycles. The maximum absolute atomic E-state index is 12.7. The Hall–Kier alpha value is -2.38. The first-order valence-corrected chi connectivity index (χ1v) is 11.1. The molecule has 2 aromatic rings. The number of carbonyl (C=O) groups excluding carboxylic acids is 1. The smallest absolute Gasteiger partial charge is 0.243 e. The Balaban J connectivity index is 2.06. The maximum Gasteiger partial charge on any atom is 0.243 e. The molecule has 0 saturated heterocycles. The number of ether oxygens (including phenoxy) is 1. The minimum Gasteiger partial charge on any atom is -0.494 e. The first kappa shape index (κ1) is 22.9. The number of benzene rings is 2. The largest absolute Gasteiger partial charge is 0.494 e. The number of nitrogens with one attached hydrogen (secondary N) is 1. The average molecular weight is 419 g/mol. The molecule has 29 heavy (non-hydrogen) atoms. The van der Waals surface area contributed by atoms with Crippen LogP contribution >= 0.6 is 0 Å². The van der Waals surface area contributed by atoms with E-state index >= 15 is 0 Å². The van der Waals surface area contributed by atoms with Gasteiger partial charge in [-0.3, -0.25) is 4.79 Å². The number of amides is 1. The number of carbonyl (C=O) groups is 1. The third-order valence-corrected chi connectivity index (χ3v) is 6.75. The van der Waals surface area contributed by atoms with Crippen LogP contribution in [0.25, 0.3) is 0 Å². The van der Waals surface area contributed by atoms with Gasteiger partial charge in [0.05, 0.1) is 24.1 Å². The Bertz CT molecular complexity index is 969. The summed E-state index contributed by atoms with van der Waals surface area (Å²) in [5.41, 5.74) is 4.47. The molecule has 2 aromatic carbocycles. The highest BCUT2D eigenvalue weighted by Gasteiger charge is 2.24. The van der Waals surface area contributed by atoms with Crippen LogP contribution in [0.15, 0.2) is 41.3 Å². The van der Waals surface area contributed by atoms with Crippen molar-refractivity contribution in [2.24, 2.45) is 0 Å². The molecule has 1 amide bonds. The van der Waals surface area contributed by atoms with Crippen molar-refractivity contribution in [1.29, 1.82) is 0 Å². The molecule has 0 aliphatic carbocycles. The molecule has 0 aliphatic heterocycles. The zero-order valence-electron chi connectivity index (χ0n) is 17.9. The highest BCUT2D eigenvalue weighted by molar-refractivity contribution is 7.89. The minimum absolute atomic E-state index is 0.120. The molecular formula is C22H30N2O4S. The Morgan fingerprint density at radius 2 is 1.66 bits per heavy atom. The monoisotopic (exact) mass is 418 g/mol. The Morgan fingerprint density at radius 3 is 2.24 bits per heavy atom. The van der Waals surface area contributed by atoms with E-state index in [0.29, 0.717) is 12.4 Å². The molecule has 6 nitrogen and oxygen atoms in total. The molecular weight excluding hydrogens is 388 g/mol.